The summed E-state index contributed by atoms with van der Waals surface area (Å²) >= 11 is 0. The molecule has 1 aromatic heterocycles. The summed E-state index contributed by atoms with van der Waals surface area (Å²) in [5.74, 6) is 2.29. The van der Waals surface area contributed by atoms with Crippen LogP contribution in [0.2, 0.25) is 0 Å². The summed E-state index contributed by atoms with van der Waals surface area (Å²) in [6, 6.07) is 8.71. The Labute approximate surface area is 146 Å². The molecular weight excluding hydrogens is 294 g/mol. The molecule has 0 aliphatic carbocycles. The smallest absolute Gasteiger partial charge is 0.133 e. The molecule has 2 aromatic rings. The van der Waals surface area contributed by atoms with Crippen molar-refractivity contribution in [1.82, 2.24) is 9.78 Å². The van der Waals surface area contributed by atoms with E-state index in [9.17, 15) is 0 Å². The van der Waals surface area contributed by atoms with Crippen LogP contribution in [0.4, 0.5) is 5.82 Å². The van der Waals surface area contributed by atoms with Crippen molar-refractivity contribution in [2.75, 3.05) is 11.9 Å². The molecule has 3 nitrogen and oxygen atoms in total. The molecule has 0 radical (unpaired) electrons. The van der Waals surface area contributed by atoms with Gasteiger partial charge in [0, 0.05) is 18.0 Å². The number of aromatic nitrogens is 2. The Morgan fingerprint density at radius 2 is 1.88 bits per heavy atom. The maximum atomic E-state index is 5.14. The third-order valence-corrected chi connectivity index (χ3v) is 5.32. The van der Waals surface area contributed by atoms with E-state index < -0.39 is 0 Å². The Balaban J connectivity index is 2.18. The van der Waals surface area contributed by atoms with Crippen LogP contribution in [0.15, 0.2) is 24.3 Å². The van der Waals surface area contributed by atoms with Crippen molar-refractivity contribution in [1.29, 1.82) is 0 Å². The second kappa shape index (κ2) is 7.42. The third kappa shape index (κ3) is 3.09. The standard InChI is InChI=1S/C21H31N3/c1-5-16(6-2)20-18-12-9-10-14-22-21(18)24(23-20)19-13-8-7-11-17(19)15(3)4/h7-8,11,13,15-16,22H,5-6,9-10,12,14H2,1-4H3. The van der Waals surface area contributed by atoms with Crippen molar-refractivity contribution < 1.29 is 0 Å². The minimum atomic E-state index is 0.489. The Morgan fingerprint density at radius 3 is 2.58 bits per heavy atom. The maximum absolute atomic E-state index is 5.14. The van der Waals surface area contributed by atoms with Crippen molar-refractivity contribution in [2.24, 2.45) is 0 Å². The third-order valence-electron chi connectivity index (χ3n) is 5.32. The fraction of sp³-hybridized carbons (Fsp3) is 0.571. The average Bonchev–Trinajstić information content (AvgIpc) is 2.78. The molecule has 0 spiro atoms. The molecule has 0 amide bonds. The van der Waals surface area contributed by atoms with Crippen LogP contribution in [0.3, 0.4) is 0 Å². The number of hydrogen-bond acceptors (Lipinski definition) is 2. The van der Waals surface area contributed by atoms with Crippen molar-refractivity contribution in [3.8, 4) is 5.69 Å². The normalized spacial score (nSPS) is 14.6. The SMILES string of the molecule is CCC(CC)c1nn(-c2ccccc2C(C)C)c2c1CCCCN2. The quantitative estimate of drug-likeness (QED) is 0.770. The van der Waals surface area contributed by atoms with Gasteiger partial charge in [-0.2, -0.15) is 5.10 Å². The number of anilines is 1. The molecule has 2 heterocycles. The Bertz CT molecular complexity index is 680. The second-order valence-electron chi connectivity index (χ2n) is 7.24. The molecule has 0 bridgehead atoms. The van der Waals surface area contributed by atoms with Gasteiger partial charge >= 0.3 is 0 Å². The highest BCUT2D eigenvalue weighted by Gasteiger charge is 2.25. The Kier molecular flexibility index (Phi) is 5.27. The van der Waals surface area contributed by atoms with Crippen LogP contribution in [-0.2, 0) is 6.42 Å². The van der Waals surface area contributed by atoms with Crippen LogP contribution in [-0.4, -0.2) is 16.3 Å². The van der Waals surface area contributed by atoms with Crippen LogP contribution in [0, 0.1) is 0 Å². The highest BCUT2D eigenvalue weighted by molar-refractivity contribution is 5.57. The van der Waals surface area contributed by atoms with E-state index in [4.69, 9.17) is 5.10 Å². The Morgan fingerprint density at radius 1 is 1.12 bits per heavy atom. The lowest BCUT2D eigenvalue weighted by molar-refractivity contribution is 0.604. The first-order valence-corrected chi connectivity index (χ1v) is 9.62. The molecule has 0 atom stereocenters. The molecular formula is C21H31N3. The summed E-state index contributed by atoms with van der Waals surface area (Å²) in [7, 11) is 0. The zero-order valence-electron chi connectivity index (χ0n) is 15.6. The lowest BCUT2D eigenvalue weighted by Crippen LogP contribution is -2.09. The fourth-order valence-electron chi connectivity index (χ4n) is 3.88. The summed E-state index contributed by atoms with van der Waals surface area (Å²) in [6.07, 6.45) is 5.96. The van der Waals surface area contributed by atoms with E-state index in [1.807, 2.05) is 0 Å². The van der Waals surface area contributed by atoms with Crippen LogP contribution in [0.25, 0.3) is 5.69 Å². The van der Waals surface area contributed by atoms with Gasteiger partial charge in [-0.05, 0) is 49.7 Å². The summed E-state index contributed by atoms with van der Waals surface area (Å²) < 4.78 is 2.20. The van der Waals surface area contributed by atoms with Gasteiger partial charge < -0.3 is 5.32 Å². The fourth-order valence-corrected chi connectivity index (χ4v) is 3.88. The van der Waals surface area contributed by atoms with E-state index in [0.717, 1.165) is 25.8 Å². The van der Waals surface area contributed by atoms with Crippen LogP contribution < -0.4 is 5.32 Å². The number of hydrogen-bond donors (Lipinski definition) is 1. The number of para-hydroxylation sites is 1. The first kappa shape index (κ1) is 17.1. The number of fused-ring (bicyclic) bond motifs is 1. The molecule has 0 saturated heterocycles. The number of nitrogens with one attached hydrogen (secondary N) is 1. The van der Waals surface area contributed by atoms with Crippen molar-refractivity contribution >= 4 is 5.82 Å². The molecule has 0 fully saturated rings. The summed E-state index contributed by atoms with van der Waals surface area (Å²) in [5.41, 5.74) is 5.38. The molecule has 24 heavy (non-hydrogen) atoms. The van der Waals surface area contributed by atoms with Gasteiger partial charge in [0.1, 0.15) is 5.82 Å². The largest absolute Gasteiger partial charge is 0.370 e. The van der Waals surface area contributed by atoms with E-state index >= 15 is 0 Å². The monoisotopic (exact) mass is 325 g/mol. The molecule has 3 rings (SSSR count). The van der Waals surface area contributed by atoms with Crippen molar-refractivity contribution in [2.45, 2.75) is 71.6 Å². The molecule has 130 valence electrons. The van der Waals surface area contributed by atoms with Gasteiger partial charge in [-0.1, -0.05) is 45.9 Å². The van der Waals surface area contributed by atoms with E-state index in [1.54, 1.807) is 0 Å². The Hall–Kier alpha value is -1.77. The van der Waals surface area contributed by atoms with Crippen LogP contribution in [0.1, 0.15) is 82.0 Å². The lowest BCUT2D eigenvalue weighted by atomic mass is 9.94. The van der Waals surface area contributed by atoms with E-state index in [2.05, 4.69) is 62.0 Å². The second-order valence-corrected chi connectivity index (χ2v) is 7.24. The first-order valence-electron chi connectivity index (χ1n) is 9.62. The van der Waals surface area contributed by atoms with Gasteiger partial charge in [-0.3, -0.25) is 0 Å². The molecule has 0 unspecified atom stereocenters. The lowest BCUT2D eigenvalue weighted by Gasteiger charge is -2.15. The zero-order chi connectivity index (χ0) is 17.1. The molecule has 1 aliphatic heterocycles. The van der Waals surface area contributed by atoms with Crippen LogP contribution in [0.5, 0.6) is 0 Å². The summed E-state index contributed by atoms with van der Waals surface area (Å²) in [5, 5.41) is 8.83. The minimum Gasteiger partial charge on any atom is -0.370 e. The van der Waals surface area contributed by atoms with Crippen molar-refractivity contribution in [3.05, 3.63) is 41.1 Å². The molecule has 1 aromatic carbocycles. The van der Waals surface area contributed by atoms with Gasteiger partial charge in [0.25, 0.3) is 0 Å². The first-order chi connectivity index (χ1) is 11.7. The van der Waals surface area contributed by atoms with Gasteiger partial charge in [0.15, 0.2) is 0 Å². The highest BCUT2D eigenvalue weighted by atomic mass is 15.3. The molecule has 1 aliphatic rings. The van der Waals surface area contributed by atoms with Crippen molar-refractivity contribution in [3.63, 3.8) is 0 Å². The average molecular weight is 326 g/mol. The van der Waals surface area contributed by atoms with Gasteiger partial charge in [-0.15, -0.1) is 0 Å². The number of rotatable bonds is 5. The van der Waals surface area contributed by atoms with Crippen LogP contribution >= 0.6 is 0 Å². The van der Waals surface area contributed by atoms with Gasteiger partial charge in [-0.25, -0.2) is 4.68 Å². The number of benzene rings is 1. The molecule has 3 heteroatoms. The summed E-state index contributed by atoms with van der Waals surface area (Å²) in [6.45, 7) is 10.1. The predicted octanol–water partition coefficient (Wildman–Crippen LogP) is 5.65. The van der Waals surface area contributed by atoms with Gasteiger partial charge in [0.05, 0.1) is 11.4 Å². The highest BCUT2D eigenvalue weighted by Crippen LogP contribution is 2.36. The van der Waals surface area contributed by atoms with E-state index in [1.165, 1.54) is 41.2 Å². The van der Waals surface area contributed by atoms with E-state index in [0.29, 0.717) is 11.8 Å². The van der Waals surface area contributed by atoms with Gasteiger partial charge in [0.2, 0.25) is 0 Å². The zero-order valence-corrected chi connectivity index (χ0v) is 15.6. The molecule has 1 N–H and O–H groups in total. The maximum Gasteiger partial charge on any atom is 0.133 e. The minimum absolute atomic E-state index is 0.489. The predicted molar refractivity (Wildman–Crippen MR) is 102 cm³/mol. The topological polar surface area (TPSA) is 29.9 Å². The summed E-state index contributed by atoms with van der Waals surface area (Å²) in [4.78, 5) is 0. The van der Waals surface area contributed by atoms with E-state index in [-0.39, 0.29) is 0 Å². The molecule has 0 saturated carbocycles. The number of nitrogens with zero attached hydrogens (tertiary/aromatic N) is 2.